The first-order valence-electron chi connectivity index (χ1n) is 5.90. The lowest BCUT2D eigenvalue weighted by Gasteiger charge is -2.10. The van der Waals surface area contributed by atoms with Crippen LogP contribution in [0.25, 0.3) is 0 Å². The molecule has 0 unspecified atom stereocenters. The van der Waals surface area contributed by atoms with Crippen molar-refractivity contribution in [2.24, 2.45) is 0 Å². The molecule has 124 valence electrons. The van der Waals surface area contributed by atoms with E-state index >= 15 is 0 Å². The number of nitrogens with two attached hydrogens (primary N) is 2. The Morgan fingerprint density at radius 2 is 1.09 bits per heavy atom. The molecule has 0 saturated heterocycles. The number of ether oxygens (including phenoxy) is 1. The van der Waals surface area contributed by atoms with E-state index in [9.17, 15) is 16.8 Å². The molecule has 0 aromatic heterocycles. The van der Waals surface area contributed by atoms with E-state index in [4.69, 9.17) is 25.3 Å². The van der Waals surface area contributed by atoms with E-state index in [1.54, 1.807) is 0 Å². The molecule has 9 nitrogen and oxygen atoms in total. The molecule has 0 fully saturated rings. The van der Waals surface area contributed by atoms with Gasteiger partial charge < -0.3 is 16.2 Å². The molecular weight excluding hydrogens is 348 g/mol. The Labute approximate surface area is 132 Å². The predicted octanol–water partition coefficient (Wildman–Crippen LogP) is 1.14. The Kier molecular flexibility index (Phi) is 4.22. The third kappa shape index (κ3) is 3.90. The molecule has 0 amide bonds. The first-order valence-corrected chi connectivity index (χ1v) is 8.78. The average molecular weight is 360 g/mol. The lowest BCUT2D eigenvalue weighted by molar-refractivity contribution is 0.468. The zero-order valence-electron chi connectivity index (χ0n) is 11.4. The Hall–Kier alpha value is -2.34. The number of rotatable bonds is 4. The minimum Gasteiger partial charge on any atom is -0.457 e. The minimum atomic E-state index is -4.55. The van der Waals surface area contributed by atoms with Crippen LogP contribution < -0.4 is 16.2 Å². The van der Waals surface area contributed by atoms with Gasteiger partial charge in [-0.05, 0) is 24.3 Å². The Morgan fingerprint density at radius 3 is 1.39 bits per heavy atom. The van der Waals surface area contributed by atoms with E-state index in [-0.39, 0.29) is 22.9 Å². The topological polar surface area (TPSA) is 170 Å². The Bertz CT molecular complexity index is 889. The molecule has 0 heterocycles. The molecule has 2 aromatic carbocycles. The zero-order chi connectivity index (χ0) is 17.4. The number of anilines is 2. The summed E-state index contributed by atoms with van der Waals surface area (Å²) >= 11 is 0. The second-order valence-corrected chi connectivity index (χ2v) is 7.23. The summed E-state index contributed by atoms with van der Waals surface area (Å²) in [6, 6.07) is 6.95. The third-order valence-electron chi connectivity index (χ3n) is 2.76. The molecule has 0 aliphatic carbocycles. The van der Waals surface area contributed by atoms with E-state index in [1.807, 2.05) is 0 Å². The van der Waals surface area contributed by atoms with Crippen LogP contribution in [-0.2, 0) is 20.2 Å². The van der Waals surface area contributed by atoms with Crippen LogP contribution in [0.3, 0.4) is 0 Å². The molecule has 6 N–H and O–H groups in total. The highest BCUT2D eigenvalue weighted by Crippen LogP contribution is 2.30. The maximum Gasteiger partial charge on any atom is 0.296 e. The monoisotopic (exact) mass is 360 g/mol. The van der Waals surface area contributed by atoms with Crippen molar-refractivity contribution < 1.29 is 30.7 Å². The summed E-state index contributed by atoms with van der Waals surface area (Å²) < 4.78 is 68.1. The summed E-state index contributed by atoms with van der Waals surface area (Å²) in [4.78, 5) is -1.11. The molecule has 0 aliphatic heterocycles. The van der Waals surface area contributed by atoms with Crippen molar-refractivity contribution in [2.45, 2.75) is 9.79 Å². The molecule has 2 rings (SSSR count). The SMILES string of the molecule is Nc1ccc(Oc2ccc(N)c(S(=O)(=O)O)c2)cc1S(=O)(=O)O. The predicted molar refractivity (Wildman–Crippen MR) is 81.4 cm³/mol. The van der Waals surface area contributed by atoms with Crippen LogP contribution in [0.5, 0.6) is 11.5 Å². The van der Waals surface area contributed by atoms with Crippen molar-refractivity contribution in [1.82, 2.24) is 0 Å². The van der Waals surface area contributed by atoms with Crippen molar-refractivity contribution in [3.8, 4) is 11.5 Å². The van der Waals surface area contributed by atoms with E-state index < -0.39 is 30.0 Å². The van der Waals surface area contributed by atoms with E-state index in [0.717, 1.165) is 12.1 Å². The van der Waals surface area contributed by atoms with Crippen molar-refractivity contribution in [3.05, 3.63) is 36.4 Å². The normalized spacial score (nSPS) is 12.1. The van der Waals surface area contributed by atoms with Gasteiger partial charge in [0.15, 0.2) is 0 Å². The fourth-order valence-electron chi connectivity index (χ4n) is 1.74. The molecule has 0 atom stereocenters. The Morgan fingerprint density at radius 1 is 0.739 bits per heavy atom. The van der Waals surface area contributed by atoms with Crippen LogP contribution in [0.2, 0.25) is 0 Å². The van der Waals surface area contributed by atoms with Gasteiger partial charge in [-0.2, -0.15) is 16.8 Å². The fraction of sp³-hybridized carbons (Fsp3) is 0. The van der Waals surface area contributed by atoms with Gasteiger partial charge in [0, 0.05) is 12.1 Å². The number of hydrogen-bond donors (Lipinski definition) is 4. The van der Waals surface area contributed by atoms with Gasteiger partial charge >= 0.3 is 0 Å². The molecule has 23 heavy (non-hydrogen) atoms. The van der Waals surface area contributed by atoms with E-state index in [1.165, 1.54) is 24.3 Å². The van der Waals surface area contributed by atoms with Crippen molar-refractivity contribution in [2.75, 3.05) is 11.5 Å². The first-order chi connectivity index (χ1) is 10.5. The minimum absolute atomic E-state index is 0.0297. The molecule has 0 radical (unpaired) electrons. The average Bonchev–Trinajstić information content (AvgIpc) is 2.40. The Balaban J connectivity index is 2.45. The zero-order valence-corrected chi connectivity index (χ0v) is 13.0. The molecule has 0 spiro atoms. The van der Waals surface area contributed by atoms with Gasteiger partial charge in [-0.1, -0.05) is 0 Å². The van der Waals surface area contributed by atoms with Crippen LogP contribution in [0.1, 0.15) is 0 Å². The van der Waals surface area contributed by atoms with Crippen LogP contribution in [0.15, 0.2) is 46.2 Å². The van der Waals surface area contributed by atoms with Crippen molar-refractivity contribution in [1.29, 1.82) is 0 Å². The van der Waals surface area contributed by atoms with Gasteiger partial charge in [0.25, 0.3) is 20.2 Å². The fourth-order valence-corrected chi connectivity index (χ4v) is 3.00. The van der Waals surface area contributed by atoms with Crippen LogP contribution in [0, 0.1) is 0 Å². The number of hydrogen-bond acceptors (Lipinski definition) is 7. The number of benzene rings is 2. The first kappa shape index (κ1) is 17.0. The maximum absolute atomic E-state index is 11.2. The van der Waals surface area contributed by atoms with Gasteiger partial charge in [0.2, 0.25) is 0 Å². The van der Waals surface area contributed by atoms with Gasteiger partial charge in [0.05, 0.1) is 11.4 Å². The molecule has 0 saturated carbocycles. The lowest BCUT2D eigenvalue weighted by atomic mass is 10.3. The van der Waals surface area contributed by atoms with Crippen LogP contribution in [0.4, 0.5) is 11.4 Å². The molecule has 2 aromatic rings. The molecular formula is C12H12N2O7S2. The number of nitrogen functional groups attached to an aromatic ring is 2. The quantitative estimate of drug-likeness (QED) is 0.461. The van der Waals surface area contributed by atoms with Crippen molar-refractivity contribution in [3.63, 3.8) is 0 Å². The summed E-state index contributed by atoms with van der Waals surface area (Å²) in [7, 11) is -9.09. The summed E-state index contributed by atoms with van der Waals surface area (Å²) in [5.41, 5.74) is 10.5. The van der Waals surface area contributed by atoms with Crippen LogP contribution >= 0.6 is 0 Å². The van der Waals surface area contributed by atoms with Crippen molar-refractivity contribution >= 4 is 31.6 Å². The summed E-state index contributed by atoms with van der Waals surface area (Å²) in [5.74, 6) is -0.0595. The van der Waals surface area contributed by atoms with Gasteiger partial charge in [-0.25, -0.2) is 0 Å². The second kappa shape index (κ2) is 5.70. The van der Waals surface area contributed by atoms with Gasteiger partial charge in [-0.15, -0.1) is 0 Å². The lowest BCUT2D eigenvalue weighted by Crippen LogP contribution is -2.04. The molecule has 0 aliphatic rings. The summed E-state index contributed by atoms with van der Waals surface area (Å²) in [5, 5.41) is 0. The smallest absolute Gasteiger partial charge is 0.296 e. The summed E-state index contributed by atoms with van der Waals surface area (Å²) in [6.07, 6.45) is 0. The van der Waals surface area contributed by atoms with E-state index in [2.05, 4.69) is 0 Å². The maximum atomic E-state index is 11.2. The van der Waals surface area contributed by atoms with Crippen LogP contribution in [-0.4, -0.2) is 25.9 Å². The highest BCUT2D eigenvalue weighted by Gasteiger charge is 2.17. The van der Waals surface area contributed by atoms with Gasteiger partial charge in [-0.3, -0.25) is 9.11 Å². The second-order valence-electron chi connectivity index (χ2n) is 4.45. The highest BCUT2D eigenvalue weighted by molar-refractivity contribution is 7.86. The van der Waals surface area contributed by atoms with Gasteiger partial charge in [0.1, 0.15) is 21.3 Å². The molecule has 11 heteroatoms. The highest BCUT2D eigenvalue weighted by atomic mass is 32.2. The summed E-state index contributed by atoms with van der Waals surface area (Å²) in [6.45, 7) is 0. The van der Waals surface area contributed by atoms with E-state index in [0.29, 0.717) is 0 Å². The standard InChI is InChI=1S/C12H12N2O7S2/c13-9-3-1-7(5-11(9)22(15,16)17)21-8-2-4-10(14)12(6-8)23(18,19)20/h1-6H,13-14H2,(H,15,16,17)(H,18,19,20). The largest absolute Gasteiger partial charge is 0.457 e. The molecule has 0 bridgehead atoms. The third-order valence-corrected chi connectivity index (χ3v) is 4.58.